The first kappa shape index (κ1) is 13.9. The molecule has 94 valence electrons. The SMILES string of the molecule is C=Cc1ccc2cc(C(=O)NC)ncc2c1.CC. The molecule has 0 aliphatic heterocycles. The number of aromatic nitrogens is 1. The first-order valence-corrected chi connectivity index (χ1v) is 5.99. The van der Waals surface area contributed by atoms with Crippen LogP contribution in [0.3, 0.4) is 0 Å². The second-order valence-electron chi connectivity index (χ2n) is 3.46. The molecule has 1 heterocycles. The van der Waals surface area contributed by atoms with Crippen molar-refractivity contribution in [3.8, 4) is 0 Å². The highest BCUT2D eigenvalue weighted by molar-refractivity contribution is 5.96. The average molecular weight is 242 g/mol. The smallest absolute Gasteiger partial charge is 0.269 e. The lowest BCUT2D eigenvalue weighted by molar-refractivity contribution is 0.0958. The molecule has 2 aromatic rings. The van der Waals surface area contributed by atoms with Crippen molar-refractivity contribution in [3.63, 3.8) is 0 Å². The van der Waals surface area contributed by atoms with Gasteiger partial charge in [0.15, 0.2) is 0 Å². The van der Waals surface area contributed by atoms with Gasteiger partial charge in [0.05, 0.1) is 0 Å². The summed E-state index contributed by atoms with van der Waals surface area (Å²) in [6, 6.07) is 7.69. The van der Waals surface area contributed by atoms with Crippen molar-refractivity contribution < 1.29 is 4.79 Å². The summed E-state index contributed by atoms with van der Waals surface area (Å²) in [6.45, 7) is 7.71. The summed E-state index contributed by atoms with van der Waals surface area (Å²) in [5.74, 6) is -0.172. The van der Waals surface area contributed by atoms with E-state index in [0.717, 1.165) is 16.3 Å². The van der Waals surface area contributed by atoms with Crippen molar-refractivity contribution in [2.45, 2.75) is 13.8 Å². The molecule has 1 aromatic heterocycles. The zero-order chi connectivity index (χ0) is 13.5. The maximum Gasteiger partial charge on any atom is 0.269 e. The monoisotopic (exact) mass is 242 g/mol. The van der Waals surface area contributed by atoms with Gasteiger partial charge in [-0.2, -0.15) is 0 Å². The van der Waals surface area contributed by atoms with E-state index >= 15 is 0 Å². The van der Waals surface area contributed by atoms with Gasteiger partial charge >= 0.3 is 0 Å². The van der Waals surface area contributed by atoms with Gasteiger partial charge in [0.1, 0.15) is 5.69 Å². The van der Waals surface area contributed by atoms with Gasteiger partial charge in [-0.1, -0.05) is 38.6 Å². The van der Waals surface area contributed by atoms with Crippen molar-refractivity contribution in [1.29, 1.82) is 0 Å². The van der Waals surface area contributed by atoms with E-state index in [9.17, 15) is 4.79 Å². The Labute approximate surface area is 108 Å². The Morgan fingerprint density at radius 2 is 2.00 bits per heavy atom. The van der Waals surface area contributed by atoms with Gasteiger partial charge in [-0.25, -0.2) is 0 Å². The lowest BCUT2D eigenvalue weighted by Gasteiger charge is -2.02. The van der Waals surface area contributed by atoms with Crippen molar-refractivity contribution >= 4 is 22.8 Å². The number of pyridine rings is 1. The number of carbonyl (C=O) groups excluding carboxylic acids is 1. The van der Waals surface area contributed by atoms with Crippen LogP contribution in [0.15, 0.2) is 37.0 Å². The molecule has 0 fully saturated rings. The molecule has 1 amide bonds. The first-order valence-electron chi connectivity index (χ1n) is 5.99. The fourth-order valence-corrected chi connectivity index (χ4v) is 1.54. The molecule has 0 spiro atoms. The van der Waals surface area contributed by atoms with E-state index in [0.29, 0.717) is 5.69 Å². The Morgan fingerprint density at radius 3 is 2.61 bits per heavy atom. The maximum atomic E-state index is 11.4. The normalized spacial score (nSPS) is 9.28. The molecule has 3 nitrogen and oxygen atoms in total. The van der Waals surface area contributed by atoms with Crippen LogP contribution in [0, 0.1) is 0 Å². The number of hydrogen-bond acceptors (Lipinski definition) is 2. The number of hydrogen-bond donors (Lipinski definition) is 1. The maximum absolute atomic E-state index is 11.4. The molecule has 0 aliphatic rings. The molecular weight excluding hydrogens is 224 g/mol. The van der Waals surface area contributed by atoms with Crippen LogP contribution in [0.1, 0.15) is 29.9 Å². The molecule has 3 heteroatoms. The largest absolute Gasteiger partial charge is 0.354 e. The number of amides is 1. The van der Waals surface area contributed by atoms with Crippen molar-refractivity contribution in [2.75, 3.05) is 7.05 Å². The highest BCUT2D eigenvalue weighted by atomic mass is 16.1. The average Bonchev–Trinajstić information content (AvgIpc) is 2.47. The fraction of sp³-hybridized carbons (Fsp3) is 0.200. The van der Waals surface area contributed by atoms with Crippen LogP contribution >= 0.6 is 0 Å². The first-order chi connectivity index (χ1) is 8.74. The second kappa shape index (κ2) is 6.55. The minimum atomic E-state index is -0.172. The van der Waals surface area contributed by atoms with E-state index < -0.39 is 0 Å². The predicted molar refractivity (Wildman–Crippen MR) is 76.6 cm³/mol. The lowest BCUT2D eigenvalue weighted by Crippen LogP contribution is -2.18. The van der Waals surface area contributed by atoms with Crippen LogP contribution in [0.2, 0.25) is 0 Å². The zero-order valence-corrected chi connectivity index (χ0v) is 11.0. The molecule has 2 rings (SSSR count). The topological polar surface area (TPSA) is 42.0 Å². The number of carbonyl (C=O) groups is 1. The van der Waals surface area contributed by atoms with Gasteiger partial charge in [0.2, 0.25) is 0 Å². The predicted octanol–water partition coefficient (Wildman–Crippen LogP) is 3.26. The van der Waals surface area contributed by atoms with Crippen molar-refractivity contribution in [3.05, 3.63) is 48.3 Å². The van der Waals surface area contributed by atoms with Crippen LogP contribution in [0.4, 0.5) is 0 Å². The Balaban J connectivity index is 0.000000771. The molecule has 0 bridgehead atoms. The Morgan fingerprint density at radius 1 is 1.28 bits per heavy atom. The van der Waals surface area contributed by atoms with Gasteiger partial charge in [0.25, 0.3) is 5.91 Å². The Bertz CT molecular complexity index is 561. The van der Waals surface area contributed by atoms with Gasteiger partial charge in [-0.15, -0.1) is 0 Å². The summed E-state index contributed by atoms with van der Waals surface area (Å²) in [5, 5.41) is 4.55. The summed E-state index contributed by atoms with van der Waals surface area (Å²) in [4.78, 5) is 15.5. The van der Waals surface area contributed by atoms with Gasteiger partial charge < -0.3 is 5.32 Å². The third kappa shape index (κ3) is 2.94. The van der Waals surface area contributed by atoms with E-state index in [1.165, 1.54) is 0 Å². The van der Waals surface area contributed by atoms with Gasteiger partial charge in [0, 0.05) is 18.6 Å². The van der Waals surface area contributed by atoms with E-state index in [1.807, 2.05) is 32.0 Å². The molecule has 0 unspecified atom stereocenters. The number of fused-ring (bicyclic) bond motifs is 1. The molecule has 0 atom stereocenters. The van der Waals surface area contributed by atoms with Crippen LogP contribution in [0.5, 0.6) is 0 Å². The van der Waals surface area contributed by atoms with Gasteiger partial charge in [-0.3, -0.25) is 9.78 Å². The number of nitrogens with zero attached hydrogens (tertiary/aromatic N) is 1. The molecule has 0 aliphatic carbocycles. The molecule has 18 heavy (non-hydrogen) atoms. The van der Waals surface area contributed by atoms with Crippen LogP contribution in [-0.2, 0) is 0 Å². The summed E-state index contributed by atoms with van der Waals surface area (Å²) in [7, 11) is 1.59. The zero-order valence-electron chi connectivity index (χ0n) is 11.0. The van der Waals surface area contributed by atoms with E-state index in [4.69, 9.17) is 0 Å². The number of benzene rings is 1. The van der Waals surface area contributed by atoms with Crippen molar-refractivity contribution in [1.82, 2.24) is 10.3 Å². The minimum absolute atomic E-state index is 0.172. The van der Waals surface area contributed by atoms with E-state index in [2.05, 4.69) is 16.9 Å². The highest BCUT2D eigenvalue weighted by Gasteiger charge is 2.05. The van der Waals surface area contributed by atoms with E-state index in [-0.39, 0.29) is 5.91 Å². The summed E-state index contributed by atoms with van der Waals surface area (Å²) in [6.07, 6.45) is 3.49. The van der Waals surface area contributed by atoms with Gasteiger partial charge in [-0.05, 0) is 23.1 Å². The number of rotatable bonds is 2. The van der Waals surface area contributed by atoms with Crippen LogP contribution in [-0.4, -0.2) is 17.9 Å². The standard InChI is InChI=1S/C13H12N2O.C2H6/c1-3-9-4-5-10-7-12(13(16)14-2)15-8-11(10)6-9;1-2/h3-8H,1H2,2H3,(H,14,16);1-2H3. The van der Waals surface area contributed by atoms with Crippen LogP contribution < -0.4 is 5.32 Å². The summed E-state index contributed by atoms with van der Waals surface area (Å²) < 4.78 is 0. The summed E-state index contributed by atoms with van der Waals surface area (Å²) in [5.41, 5.74) is 1.48. The highest BCUT2D eigenvalue weighted by Crippen LogP contribution is 2.16. The molecule has 1 aromatic carbocycles. The molecular formula is C15H18N2O. The second-order valence-corrected chi connectivity index (χ2v) is 3.46. The summed E-state index contributed by atoms with van der Waals surface area (Å²) >= 11 is 0. The Kier molecular flexibility index (Phi) is 5.06. The minimum Gasteiger partial charge on any atom is -0.354 e. The molecule has 0 radical (unpaired) electrons. The fourth-order valence-electron chi connectivity index (χ4n) is 1.54. The molecule has 1 N–H and O–H groups in total. The third-order valence-corrected chi connectivity index (χ3v) is 2.44. The number of nitrogens with one attached hydrogen (secondary N) is 1. The van der Waals surface area contributed by atoms with Crippen LogP contribution in [0.25, 0.3) is 16.8 Å². The Hall–Kier alpha value is -2.16. The molecule has 0 saturated heterocycles. The lowest BCUT2D eigenvalue weighted by atomic mass is 10.1. The third-order valence-electron chi connectivity index (χ3n) is 2.44. The van der Waals surface area contributed by atoms with Crippen molar-refractivity contribution in [2.24, 2.45) is 0 Å². The van der Waals surface area contributed by atoms with E-state index in [1.54, 1.807) is 25.4 Å². The molecule has 0 saturated carbocycles. The quantitative estimate of drug-likeness (QED) is 0.878.